The van der Waals surface area contributed by atoms with Gasteiger partial charge in [0.2, 0.25) is 0 Å². The van der Waals surface area contributed by atoms with Crippen LogP contribution in [0, 0.1) is 0 Å². The van der Waals surface area contributed by atoms with Crippen molar-refractivity contribution in [3.63, 3.8) is 0 Å². The zero-order valence-electron chi connectivity index (χ0n) is 18.3. The number of aromatic nitrogens is 2. The fourth-order valence-corrected chi connectivity index (χ4v) is 4.77. The van der Waals surface area contributed by atoms with Crippen LogP contribution in [0.25, 0.3) is 0 Å². The second kappa shape index (κ2) is 10.5. The van der Waals surface area contributed by atoms with Gasteiger partial charge in [-0.05, 0) is 12.8 Å². The summed E-state index contributed by atoms with van der Waals surface area (Å²) >= 11 is 0. The van der Waals surface area contributed by atoms with E-state index < -0.39 is 0 Å². The second-order valence-electron chi connectivity index (χ2n) is 9.36. The molecule has 154 valence electrons. The number of unbranched alkanes of at least 4 members (excludes halogenated alkanes) is 3. The van der Waals surface area contributed by atoms with Crippen LogP contribution in [0.3, 0.4) is 0 Å². The van der Waals surface area contributed by atoms with Crippen molar-refractivity contribution in [2.45, 2.75) is 78.1 Å². The first kappa shape index (κ1) is 23.0. The first-order valence-corrected chi connectivity index (χ1v) is 12.3. The van der Waals surface area contributed by atoms with Crippen LogP contribution in [0.2, 0.25) is 0 Å². The quantitative estimate of drug-likeness (QED) is 0.358. The molecule has 2 heterocycles. The maximum atomic E-state index is 4.57. The maximum Gasteiger partial charge on any atom is 0.0621 e. The minimum atomic E-state index is 0.170. The van der Waals surface area contributed by atoms with Crippen molar-refractivity contribution < 1.29 is 0 Å². The van der Waals surface area contributed by atoms with Gasteiger partial charge in [-0.25, -0.2) is 0 Å². The summed E-state index contributed by atoms with van der Waals surface area (Å²) in [7, 11) is 1.37. The molecular weight excluding hydrogens is 382 g/mol. The third kappa shape index (κ3) is 8.02. The Bertz CT molecular complexity index is 707. The molecule has 0 amide bonds. The van der Waals surface area contributed by atoms with Crippen molar-refractivity contribution in [3.8, 4) is 0 Å². The highest BCUT2D eigenvalue weighted by Gasteiger charge is 2.16. The zero-order valence-corrected chi connectivity index (χ0v) is 20.3. The van der Waals surface area contributed by atoms with Gasteiger partial charge in [0.25, 0.3) is 0 Å². The van der Waals surface area contributed by atoms with Crippen LogP contribution in [0.1, 0.15) is 88.7 Å². The topological polar surface area (TPSA) is 50.5 Å². The molecule has 0 bridgehead atoms. The SMILES string of the molecule is CC(C)(C)c1ncc(C=NCCCCCCN=Cc2cnc(C(C)(C)C)[pH]2)[pH]1. The summed E-state index contributed by atoms with van der Waals surface area (Å²) < 4.78 is 0. The molecule has 0 N–H and O–H groups in total. The van der Waals surface area contributed by atoms with Gasteiger partial charge >= 0.3 is 0 Å². The van der Waals surface area contributed by atoms with Gasteiger partial charge in [0.15, 0.2) is 0 Å². The molecule has 0 saturated carbocycles. The molecule has 4 nitrogen and oxygen atoms in total. The lowest BCUT2D eigenvalue weighted by molar-refractivity contribution is 0.585. The zero-order chi connectivity index (χ0) is 20.6. The summed E-state index contributed by atoms with van der Waals surface area (Å²) in [5.74, 6) is 0. The average molecular weight is 419 g/mol. The molecule has 0 aliphatic heterocycles. The molecule has 6 heteroatoms. The van der Waals surface area contributed by atoms with Crippen molar-refractivity contribution in [3.05, 3.63) is 33.8 Å². The fourth-order valence-electron chi connectivity index (χ4n) is 2.65. The van der Waals surface area contributed by atoms with E-state index in [0.29, 0.717) is 16.4 Å². The van der Waals surface area contributed by atoms with Gasteiger partial charge in [-0.2, -0.15) is 0 Å². The van der Waals surface area contributed by atoms with Crippen molar-refractivity contribution in [2.75, 3.05) is 13.1 Å². The minimum absolute atomic E-state index is 0.170. The van der Waals surface area contributed by atoms with E-state index in [9.17, 15) is 0 Å². The van der Waals surface area contributed by atoms with E-state index in [1.807, 2.05) is 24.8 Å². The number of aliphatic imine (C=N–C) groups is 2. The van der Waals surface area contributed by atoms with E-state index in [0.717, 1.165) is 25.9 Å². The summed E-state index contributed by atoms with van der Waals surface area (Å²) in [6, 6.07) is 0. The van der Waals surface area contributed by atoms with Crippen molar-refractivity contribution in [2.24, 2.45) is 9.98 Å². The van der Waals surface area contributed by atoms with E-state index >= 15 is 0 Å². The van der Waals surface area contributed by atoms with Gasteiger partial charge < -0.3 is 0 Å². The lowest BCUT2D eigenvalue weighted by atomic mass is 9.98. The Morgan fingerprint density at radius 2 is 1.11 bits per heavy atom. The molecule has 0 saturated heterocycles. The highest BCUT2D eigenvalue weighted by molar-refractivity contribution is 7.33. The van der Waals surface area contributed by atoms with E-state index in [-0.39, 0.29) is 10.8 Å². The molecule has 2 aromatic heterocycles. The minimum Gasteiger partial charge on any atom is -0.292 e. The van der Waals surface area contributed by atoms with Crippen molar-refractivity contribution in [1.29, 1.82) is 0 Å². The fraction of sp³-hybridized carbons (Fsp3) is 0.636. The number of rotatable bonds is 9. The van der Waals surface area contributed by atoms with Gasteiger partial charge in [0, 0.05) is 59.3 Å². The summed E-state index contributed by atoms with van der Waals surface area (Å²) in [6.07, 6.45) is 12.8. The van der Waals surface area contributed by atoms with Crippen LogP contribution in [-0.2, 0) is 10.8 Å². The molecule has 0 radical (unpaired) electrons. The highest BCUT2D eigenvalue weighted by Crippen LogP contribution is 2.30. The molecule has 0 fully saturated rings. The van der Waals surface area contributed by atoms with Crippen LogP contribution < -0.4 is 0 Å². The molecule has 0 aromatic carbocycles. The van der Waals surface area contributed by atoms with Gasteiger partial charge in [-0.15, -0.1) is 16.4 Å². The van der Waals surface area contributed by atoms with Gasteiger partial charge in [0.1, 0.15) is 0 Å². The Morgan fingerprint density at radius 3 is 1.43 bits per heavy atom. The van der Waals surface area contributed by atoms with Gasteiger partial charge in [0.05, 0.1) is 10.9 Å². The normalized spacial score (nSPS) is 13.8. The van der Waals surface area contributed by atoms with Crippen LogP contribution in [0.4, 0.5) is 0 Å². The maximum absolute atomic E-state index is 4.57. The average Bonchev–Trinajstić information content (AvgIpc) is 3.25. The molecule has 0 aliphatic carbocycles. The number of nitrogens with zero attached hydrogens (tertiary/aromatic N) is 4. The molecule has 2 rings (SSSR count). The molecule has 2 aromatic rings. The Kier molecular flexibility index (Phi) is 8.65. The van der Waals surface area contributed by atoms with Crippen LogP contribution >= 0.6 is 16.4 Å². The highest BCUT2D eigenvalue weighted by atomic mass is 31.0. The van der Waals surface area contributed by atoms with Crippen LogP contribution in [0.15, 0.2) is 22.4 Å². The van der Waals surface area contributed by atoms with Gasteiger partial charge in [-0.3, -0.25) is 20.0 Å². The Morgan fingerprint density at radius 1 is 0.714 bits per heavy atom. The Hall–Kier alpha value is -1.24. The summed E-state index contributed by atoms with van der Waals surface area (Å²) in [5.41, 5.74) is 2.90. The molecule has 0 aliphatic rings. The second-order valence-corrected chi connectivity index (χ2v) is 12.0. The molecule has 2 unspecified atom stereocenters. The first-order valence-electron chi connectivity index (χ1n) is 10.3. The smallest absolute Gasteiger partial charge is 0.0621 e. The van der Waals surface area contributed by atoms with Crippen molar-refractivity contribution in [1.82, 2.24) is 9.97 Å². The molecule has 28 heavy (non-hydrogen) atoms. The monoisotopic (exact) mass is 418 g/mol. The van der Waals surface area contributed by atoms with E-state index in [1.54, 1.807) is 0 Å². The van der Waals surface area contributed by atoms with E-state index in [1.165, 1.54) is 34.3 Å². The lowest BCUT2D eigenvalue weighted by Gasteiger charge is -2.14. The predicted octanol–water partition coefficient (Wildman–Crippen LogP) is 6.23. The first-order chi connectivity index (χ1) is 13.2. The third-order valence-corrected chi connectivity index (χ3v) is 7.72. The van der Waals surface area contributed by atoms with Crippen molar-refractivity contribution >= 4 is 28.8 Å². The van der Waals surface area contributed by atoms with E-state index in [4.69, 9.17) is 0 Å². The largest absolute Gasteiger partial charge is 0.292 e. The lowest BCUT2D eigenvalue weighted by Crippen LogP contribution is -2.09. The standard InChI is InChI=1S/C22H36N4P2/c1-21(2,3)19-25-15-17(27-19)13-23-11-9-7-8-10-12-24-14-18-16-26-20(28-18)22(4,5)6/h13-16,27-28H,7-12H2,1-6H3. The van der Waals surface area contributed by atoms with Crippen LogP contribution in [-0.4, -0.2) is 35.5 Å². The van der Waals surface area contributed by atoms with E-state index in [2.05, 4.69) is 61.5 Å². The predicted molar refractivity (Wildman–Crippen MR) is 128 cm³/mol. The summed E-state index contributed by atoms with van der Waals surface area (Å²) in [5, 5.41) is 2.53. The Labute approximate surface area is 174 Å². The third-order valence-electron chi connectivity index (χ3n) is 4.40. The van der Waals surface area contributed by atoms with Gasteiger partial charge in [-0.1, -0.05) is 54.4 Å². The molecule has 2 atom stereocenters. The Balaban J connectivity index is 1.56. The molecular formula is C22H36N4P2. The number of hydrogen-bond acceptors (Lipinski definition) is 4. The van der Waals surface area contributed by atoms with Crippen LogP contribution in [0.5, 0.6) is 0 Å². The summed E-state index contributed by atoms with van der Waals surface area (Å²) in [6.45, 7) is 15.2. The summed E-state index contributed by atoms with van der Waals surface area (Å²) in [4.78, 5) is 18.2. The number of hydrogen-bond donors (Lipinski definition) is 0. The molecule has 0 spiro atoms.